The highest BCUT2D eigenvalue weighted by atomic mass is 35.5. The van der Waals surface area contributed by atoms with Gasteiger partial charge in [0.05, 0.1) is 10.0 Å². The number of aromatic nitrogens is 1. The summed E-state index contributed by atoms with van der Waals surface area (Å²) in [6, 6.07) is 8.49. The first-order valence-electron chi connectivity index (χ1n) is 4.03. The van der Waals surface area contributed by atoms with Gasteiger partial charge < -0.3 is 4.52 Å². The summed E-state index contributed by atoms with van der Waals surface area (Å²) in [4.78, 5) is 0. The van der Waals surface area contributed by atoms with Crippen molar-refractivity contribution in [3.8, 4) is 17.3 Å². The van der Waals surface area contributed by atoms with Crippen molar-refractivity contribution in [1.29, 1.82) is 5.26 Å². The number of rotatable bonds is 1. The minimum atomic E-state index is 0.163. The molecule has 3 nitrogen and oxygen atoms in total. The summed E-state index contributed by atoms with van der Waals surface area (Å²) in [5.41, 5.74) is 1.32. The van der Waals surface area contributed by atoms with E-state index in [-0.39, 0.29) is 5.76 Å². The molecule has 0 bridgehead atoms. The molecule has 0 amide bonds. The topological polar surface area (TPSA) is 49.8 Å². The molecule has 0 radical (unpaired) electrons. The van der Waals surface area contributed by atoms with Gasteiger partial charge in [0, 0.05) is 11.6 Å². The maximum absolute atomic E-state index is 8.57. The number of halogens is 2. The molecule has 1 aromatic heterocycles. The third-order valence-corrected chi connectivity index (χ3v) is 2.57. The molecule has 0 aliphatic rings. The van der Waals surface area contributed by atoms with Crippen LogP contribution in [-0.4, -0.2) is 5.16 Å². The normalized spacial score (nSPS) is 9.93. The monoisotopic (exact) mass is 238 g/mol. The molecule has 0 unspecified atom stereocenters. The number of nitriles is 1. The minimum Gasteiger partial charge on any atom is -0.345 e. The third-order valence-electron chi connectivity index (χ3n) is 1.84. The van der Waals surface area contributed by atoms with E-state index in [1.807, 2.05) is 6.07 Å². The zero-order chi connectivity index (χ0) is 10.8. The first kappa shape index (κ1) is 10.0. The summed E-state index contributed by atoms with van der Waals surface area (Å²) in [7, 11) is 0. The van der Waals surface area contributed by atoms with Crippen LogP contribution in [0.4, 0.5) is 0 Å². The Morgan fingerprint density at radius 2 is 2.00 bits per heavy atom. The molecular weight excluding hydrogens is 235 g/mol. The van der Waals surface area contributed by atoms with Gasteiger partial charge in [-0.3, -0.25) is 0 Å². The Hall–Kier alpha value is -1.50. The molecule has 0 atom stereocenters. The maximum atomic E-state index is 8.57. The van der Waals surface area contributed by atoms with E-state index in [1.54, 1.807) is 24.3 Å². The maximum Gasteiger partial charge on any atom is 0.236 e. The summed E-state index contributed by atoms with van der Waals surface area (Å²) >= 11 is 11.6. The zero-order valence-corrected chi connectivity index (χ0v) is 8.88. The molecule has 0 aliphatic carbocycles. The van der Waals surface area contributed by atoms with E-state index >= 15 is 0 Å². The van der Waals surface area contributed by atoms with E-state index in [4.69, 9.17) is 33.0 Å². The van der Waals surface area contributed by atoms with Crippen LogP contribution in [0.5, 0.6) is 0 Å². The Labute approximate surface area is 95.8 Å². The summed E-state index contributed by atoms with van der Waals surface area (Å²) in [5, 5.41) is 13.2. The highest BCUT2D eigenvalue weighted by Crippen LogP contribution is 2.27. The van der Waals surface area contributed by atoms with Gasteiger partial charge >= 0.3 is 0 Å². The van der Waals surface area contributed by atoms with Crippen molar-refractivity contribution in [2.45, 2.75) is 0 Å². The molecule has 0 saturated heterocycles. The van der Waals surface area contributed by atoms with Crippen molar-refractivity contribution >= 4 is 23.2 Å². The molecule has 0 fully saturated rings. The van der Waals surface area contributed by atoms with Crippen LogP contribution >= 0.6 is 23.2 Å². The summed E-state index contributed by atoms with van der Waals surface area (Å²) in [6.45, 7) is 0. The van der Waals surface area contributed by atoms with Gasteiger partial charge in [0.2, 0.25) is 5.76 Å². The lowest BCUT2D eigenvalue weighted by molar-refractivity contribution is 0.412. The Morgan fingerprint density at radius 1 is 1.20 bits per heavy atom. The fourth-order valence-corrected chi connectivity index (χ4v) is 1.42. The highest BCUT2D eigenvalue weighted by Gasteiger charge is 2.07. The predicted octanol–water partition coefficient (Wildman–Crippen LogP) is 3.52. The Bertz CT molecular complexity index is 543. The molecule has 0 N–H and O–H groups in total. The minimum absolute atomic E-state index is 0.163. The lowest BCUT2D eigenvalue weighted by Crippen LogP contribution is -1.77. The van der Waals surface area contributed by atoms with Gasteiger partial charge in [0.15, 0.2) is 0 Å². The molecule has 2 rings (SSSR count). The van der Waals surface area contributed by atoms with Gasteiger partial charge in [-0.2, -0.15) is 5.26 Å². The van der Waals surface area contributed by atoms with Gasteiger partial charge in [-0.05, 0) is 12.1 Å². The van der Waals surface area contributed by atoms with E-state index < -0.39 is 0 Å². The molecular formula is C10H4Cl2N2O. The molecule has 1 aromatic carbocycles. The average Bonchev–Trinajstić information content (AvgIpc) is 2.70. The van der Waals surface area contributed by atoms with E-state index in [2.05, 4.69) is 5.16 Å². The third kappa shape index (κ3) is 1.96. The molecule has 74 valence electrons. The molecule has 0 spiro atoms. The van der Waals surface area contributed by atoms with Crippen LogP contribution in [0.25, 0.3) is 11.3 Å². The van der Waals surface area contributed by atoms with Crippen molar-refractivity contribution < 1.29 is 4.52 Å². The molecule has 0 aliphatic heterocycles. The van der Waals surface area contributed by atoms with E-state index in [9.17, 15) is 0 Å². The number of benzene rings is 1. The fraction of sp³-hybridized carbons (Fsp3) is 0. The number of nitrogens with zero attached hydrogens (tertiary/aromatic N) is 2. The number of hydrogen-bond donors (Lipinski definition) is 0. The molecule has 0 saturated carbocycles. The van der Waals surface area contributed by atoms with Crippen LogP contribution in [0.2, 0.25) is 10.0 Å². The Balaban J connectivity index is 2.46. The van der Waals surface area contributed by atoms with Gasteiger partial charge in [-0.1, -0.05) is 34.4 Å². The Morgan fingerprint density at radius 3 is 2.60 bits per heavy atom. The van der Waals surface area contributed by atoms with Gasteiger partial charge in [0.1, 0.15) is 11.8 Å². The van der Waals surface area contributed by atoms with Gasteiger partial charge in [-0.15, -0.1) is 0 Å². The fourth-order valence-electron chi connectivity index (χ4n) is 1.12. The van der Waals surface area contributed by atoms with E-state index in [1.165, 1.54) is 0 Å². The van der Waals surface area contributed by atoms with E-state index in [0.29, 0.717) is 15.7 Å². The van der Waals surface area contributed by atoms with Crippen LogP contribution in [0.1, 0.15) is 5.76 Å². The summed E-state index contributed by atoms with van der Waals surface area (Å²) < 4.78 is 4.75. The second kappa shape index (κ2) is 3.93. The lowest BCUT2D eigenvalue weighted by Gasteiger charge is -1.97. The van der Waals surface area contributed by atoms with Crippen LogP contribution in [0.3, 0.4) is 0 Å². The summed E-state index contributed by atoms with van der Waals surface area (Å²) in [5.74, 6) is 0.163. The average molecular weight is 239 g/mol. The summed E-state index contributed by atoms with van der Waals surface area (Å²) in [6.07, 6.45) is 0. The molecule has 1 heterocycles. The zero-order valence-electron chi connectivity index (χ0n) is 7.37. The van der Waals surface area contributed by atoms with Crippen LogP contribution in [-0.2, 0) is 0 Å². The highest BCUT2D eigenvalue weighted by molar-refractivity contribution is 6.42. The van der Waals surface area contributed by atoms with Gasteiger partial charge in [0.25, 0.3) is 0 Å². The first-order valence-corrected chi connectivity index (χ1v) is 4.78. The largest absolute Gasteiger partial charge is 0.345 e. The quantitative estimate of drug-likeness (QED) is 0.764. The van der Waals surface area contributed by atoms with Crippen LogP contribution in [0, 0.1) is 11.3 Å². The van der Waals surface area contributed by atoms with Gasteiger partial charge in [-0.25, -0.2) is 0 Å². The van der Waals surface area contributed by atoms with Crippen molar-refractivity contribution in [1.82, 2.24) is 5.16 Å². The van der Waals surface area contributed by atoms with Crippen molar-refractivity contribution in [3.05, 3.63) is 40.1 Å². The first-order chi connectivity index (χ1) is 7.20. The second-order valence-corrected chi connectivity index (χ2v) is 3.63. The Kier molecular flexibility index (Phi) is 2.63. The van der Waals surface area contributed by atoms with Crippen LogP contribution < -0.4 is 0 Å². The molecule has 15 heavy (non-hydrogen) atoms. The number of hydrogen-bond acceptors (Lipinski definition) is 3. The standard InChI is InChI=1S/C10H4Cl2N2O/c11-8-2-1-6(3-9(8)12)10-4-7(5-13)15-14-10/h1-4H. The lowest BCUT2D eigenvalue weighted by atomic mass is 10.1. The van der Waals surface area contributed by atoms with E-state index in [0.717, 1.165) is 5.56 Å². The van der Waals surface area contributed by atoms with Crippen molar-refractivity contribution in [2.75, 3.05) is 0 Å². The second-order valence-electron chi connectivity index (χ2n) is 2.82. The smallest absolute Gasteiger partial charge is 0.236 e. The molecule has 2 aromatic rings. The van der Waals surface area contributed by atoms with Crippen molar-refractivity contribution in [2.24, 2.45) is 0 Å². The van der Waals surface area contributed by atoms with Crippen LogP contribution in [0.15, 0.2) is 28.8 Å². The molecule has 5 heteroatoms. The SMILES string of the molecule is N#Cc1cc(-c2ccc(Cl)c(Cl)c2)no1. The predicted molar refractivity (Wildman–Crippen MR) is 56.7 cm³/mol. The van der Waals surface area contributed by atoms with Crippen molar-refractivity contribution in [3.63, 3.8) is 0 Å².